The fraction of sp³-hybridized carbons (Fsp3) is 0.950. The van der Waals surface area contributed by atoms with Crippen LogP contribution in [0, 0.1) is 11.8 Å². The normalized spacial score (nSPS) is 23.3. The lowest BCUT2D eigenvalue weighted by Gasteiger charge is -2.23. The Kier molecular flexibility index (Phi) is 11.4. The van der Waals surface area contributed by atoms with Crippen LogP contribution in [0.1, 0.15) is 96.8 Å². The topological polar surface area (TPSA) is 77.8 Å². The Bertz CT molecular complexity index is 332. The minimum absolute atomic E-state index is 0.296. The van der Waals surface area contributed by atoms with Crippen LogP contribution in [0.15, 0.2) is 0 Å². The van der Waals surface area contributed by atoms with E-state index in [1.54, 1.807) is 0 Å². The molecule has 4 heteroatoms. The number of rotatable bonds is 14. The summed E-state index contributed by atoms with van der Waals surface area (Å²) >= 11 is 0. The molecule has 0 aliphatic heterocycles. The van der Waals surface area contributed by atoms with Crippen molar-refractivity contribution in [3.05, 3.63) is 0 Å². The zero-order chi connectivity index (χ0) is 17.8. The van der Waals surface area contributed by atoms with E-state index in [1.807, 2.05) is 0 Å². The SMILES string of the molecule is CCCCC(O)C(O)CC[C@H]1CCC[C@@H]1CCCCCCC(=O)O. The molecule has 0 aromatic rings. The molecule has 0 heterocycles. The number of aliphatic hydroxyl groups excluding tert-OH is 2. The van der Waals surface area contributed by atoms with Gasteiger partial charge >= 0.3 is 5.97 Å². The minimum atomic E-state index is -0.689. The third-order valence-electron chi connectivity index (χ3n) is 5.66. The molecule has 4 atom stereocenters. The molecule has 0 bridgehead atoms. The van der Waals surface area contributed by atoms with E-state index in [4.69, 9.17) is 5.11 Å². The first-order valence-electron chi connectivity index (χ1n) is 10.1. The van der Waals surface area contributed by atoms with Gasteiger partial charge in [-0.05, 0) is 37.5 Å². The van der Waals surface area contributed by atoms with Crippen molar-refractivity contribution in [1.29, 1.82) is 0 Å². The predicted molar refractivity (Wildman–Crippen MR) is 96.9 cm³/mol. The second kappa shape index (κ2) is 12.7. The van der Waals surface area contributed by atoms with Crippen LogP contribution in [0.25, 0.3) is 0 Å². The van der Waals surface area contributed by atoms with Gasteiger partial charge in [-0.15, -0.1) is 0 Å². The number of carboxylic acids is 1. The Morgan fingerprint density at radius 1 is 0.917 bits per heavy atom. The van der Waals surface area contributed by atoms with E-state index in [-0.39, 0.29) is 0 Å². The quantitative estimate of drug-likeness (QED) is 0.406. The first kappa shape index (κ1) is 21.4. The first-order valence-corrected chi connectivity index (χ1v) is 10.1. The Labute approximate surface area is 147 Å². The highest BCUT2D eigenvalue weighted by Gasteiger charge is 2.28. The van der Waals surface area contributed by atoms with Crippen molar-refractivity contribution in [3.63, 3.8) is 0 Å². The molecule has 0 radical (unpaired) electrons. The van der Waals surface area contributed by atoms with Crippen LogP contribution in [0.4, 0.5) is 0 Å². The molecule has 3 N–H and O–H groups in total. The second-order valence-electron chi connectivity index (χ2n) is 7.65. The van der Waals surface area contributed by atoms with Crippen LogP contribution in [-0.2, 0) is 4.79 Å². The lowest BCUT2D eigenvalue weighted by molar-refractivity contribution is -0.137. The molecule has 4 nitrogen and oxygen atoms in total. The average molecular weight is 343 g/mol. The first-order chi connectivity index (χ1) is 11.5. The number of aliphatic carboxylic acids is 1. The smallest absolute Gasteiger partial charge is 0.303 e. The van der Waals surface area contributed by atoms with Crippen LogP contribution in [0.3, 0.4) is 0 Å². The number of unbranched alkanes of at least 4 members (excludes halogenated alkanes) is 4. The van der Waals surface area contributed by atoms with E-state index in [0.29, 0.717) is 18.8 Å². The van der Waals surface area contributed by atoms with Crippen LogP contribution < -0.4 is 0 Å². The van der Waals surface area contributed by atoms with Gasteiger partial charge in [0, 0.05) is 6.42 Å². The average Bonchev–Trinajstić information content (AvgIpc) is 3.00. The summed E-state index contributed by atoms with van der Waals surface area (Å²) in [6.07, 6.45) is 12.9. The van der Waals surface area contributed by atoms with Gasteiger partial charge in [0.1, 0.15) is 0 Å². The van der Waals surface area contributed by atoms with Gasteiger partial charge in [0.05, 0.1) is 12.2 Å². The van der Waals surface area contributed by atoms with Gasteiger partial charge in [-0.2, -0.15) is 0 Å². The zero-order valence-electron chi connectivity index (χ0n) is 15.5. The van der Waals surface area contributed by atoms with E-state index in [0.717, 1.165) is 50.9 Å². The summed E-state index contributed by atoms with van der Waals surface area (Å²) in [5.41, 5.74) is 0. The Hall–Kier alpha value is -0.610. The summed E-state index contributed by atoms with van der Waals surface area (Å²) in [4.78, 5) is 10.5. The third-order valence-corrected chi connectivity index (χ3v) is 5.66. The van der Waals surface area contributed by atoms with Crippen molar-refractivity contribution < 1.29 is 20.1 Å². The van der Waals surface area contributed by atoms with Gasteiger partial charge in [-0.1, -0.05) is 64.7 Å². The molecular formula is C20H38O4. The number of aliphatic hydroxyl groups is 2. The predicted octanol–water partition coefficient (Wildman–Crippen LogP) is 4.52. The molecule has 1 fully saturated rings. The van der Waals surface area contributed by atoms with Crippen molar-refractivity contribution >= 4 is 5.97 Å². The summed E-state index contributed by atoms with van der Waals surface area (Å²) < 4.78 is 0. The Balaban J connectivity index is 2.15. The number of carbonyl (C=O) groups is 1. The minimum Gasteiger partial charge on any atom is -0.481 e. The van der Waals surface area contributed by atoms with E-state index in [1.165, 1.54) is 32.1 Å². The maximum absolute atomic E-state index is 10.5. The molecule has 0 aromatic heterocycles. The molecule has 142 valence electrons. The lowest BCUT2D eigenvalue weighted by Crippen LogP contribution is -2.26. The number of hydrogen-bond donors (Lipinski definition) is 3. The monoisotopic (exact) mass is 342 g/mol. The van der Waals surface area contributed by atoms with Crippen LogP contribution in [0.5, 0.6) is 0 Å². The lowest BCUT2D eigenvalue weighted by atomic mass is 9.86. The maximum Gasteiger partial charge on any atom is 0.303 e. The molecule has 2 unspecified atom stereocenters. The van der Waals surface area contributed by atoms with Crippen LogP contribution in [-0.4, -0.2) is 33.5 Å². The van der Waals surface area contributed by atoms with E-state index < -0.39 is 18.2 Å². The van der Waals surface area contributed by atoms with Gasteiger partial charge in [-0.3, -0.25) is 4.79 Å². The third kappa shape index (κ3) is 9.03. The number of hydrogen-bond acceptors (Lipinski definition) is 3. The van der Waals surface area contributed by atoms with Crippen molar-refractivity contribution in [2.24, 2.45) is 11.8 Å². The molecule has 0 aromatic carbocycles. The van der Waals surface area contributed by atoms with Crippen molar-refractivity contribution in [1.82, 2.24) is 0 Å². The summed E-state index contributed by atoms with van der Waals surface area (Å²) in [7, 11) is 0. The van der Waals surface area contributed by atoms with Crippen LogP contribution in [0.2, 0.25) is 0 Å². The molecule has 0 saturated heterocycles. The molecule has 0 amide bonds. The van der Waals surface area contributed by atoms with Gasteiger partial charge in [0.25, 0.3) is 0 Å². The van der Waals surface area contributed by atoms with Crippen LogP contribution >= 0.6 is 0 Å². The highest BCUT2D eigenvalue weighted by molar-refractivity contribution is 5.66. The summed E-state index contributed by atoms with van der Waals surface area (Å²) in [6.45, 7) is 2.10. The molecule has 24 heavy (non-hydrogen) atoms. The second-order valence-corrected chi connectivity index (χ2v) is 7.65. The van der Waals surface area contributed by atoms with Crippen molar-refractivity contribution in [2.75, 3.05) is 0 Å². The number of carboxylic acid groups (broad SMARTS) is 1. The molecule has 0 spiro atoms. The molecule has 1 rings (SSSR count). The summed E-state index contributed by atoms with van der Waals surface area (Å²) in [5.74, 6) is 0.784. The van der Waals surface area contributed by atoms with Gasteiger partial charge in [-0.25, -0.2) is 0 Å². The van der Waals surface area contributed by atoms with E-state index in [9.17, 15) is 15.0 Å². The van der Waals surface area contributed by atoms with Gasteiger partial charge < -0.3 is 15.3 Å². The zero-order valence-corrected chi connectivity index (χ0v) is 15.5. The summed E-state index contributed by atoms with van der Waals surface area (Å²) in [5, 5.41) is 28.7. The largest absolute Gasteiger partial charge is 0.481 e. The highest BCUT2D eigenvalue weighted by atomic mass is 16.4. The van der Waals surface area contributed by atoms with Crippen molar-refractivity contribution in [3.8, 4) is 0 Å². The van der Waals surface area contributed by atoms with E-state index in [2.05, 4.69) is 6.92 Å². The Morgan fingerprint density at radius 3 is 2.21 bits per heavy atom. The summed E-state index contributed by atoms with van der Waals surface area (Å²) in [6, 6.07) is 0. The van der Waals surface area contributed by atoms with Crippen molar-refractivity contribution in [2.45, 2.75) is 109 Å². The fourth-order valence-electron chi connectivity index (χ4n) is 4.09. The molecular weight excluding hydrogens is 304 g/mol. The Morgan fingerprint density at radius 2 is 1.54 bits per heavy atom. The fourth-order valence-corrected chi connectivity index (χ4v) is 4.09. The highest BCUT2D eigenvalue weighted by Crippen LogP contribution is 2.38. The molecule has 1 aliphatic carbocycles. The standard InChI is InChI=1S/C20H38O4/c1-2-3-12-18(21)19(22)15-14-17-11-8-10-16(17)9-6-4-5-7-13-20(23)24/h16-19,21-22H,2-15H2,1H3,(H,23,24)/t16-,17+,18?,19?/m0/s1. The molecule has 1 saturated carbocycles. The van der Waals surface area contributed by atoms with Gasteiger partial charge in [0.2, 0.25) is 0 Å². The van der Waals surface area contributed by atoms with Gasteiger partial charge in [0.15, 0.2) is 0 Å². The molecule has 1 aliphatic rings. The maximum atomic E-state index is 10.5. The van der Waals surface area contributed by atoms with E-state index >= 15 is 0 Å².